The Morgan fingerprint density at radius 3 is 2.26 bits per heavy atom. The molecular weight excluding hydrogens is 467 g/mol. The van der Waals surface area contributed by atoms with Crippen LogP contribution in [0, 0.1) is 13.8 Å². The first-order valence-electron chi connectivity index (χ1n) is 9.10. The Kier molecular flexibility index (Phi) is 8.44. The van der Waals surface area contributed by atoms with Crippen molar-refractivity contribution in [3.8, 4) is 0 Å². The SMILES string of the molecule is Cc1cccc(C)c1NC(=O)COC(=O)C(NS(=O)(=O)c1ccc(Cl)c(Cl)c1)C(C)O. The quantitative estimate of drug-likeness (QED) is 0.491. The van der Waals surface area contributed by atoms with Gasteiger partial charge in [0.15, 0.2) is 6.61 Å². The number of anilines is 1. The van der Waals surface area contributed by atoms with Crippen LogP contribution >= 0.6 is 23.2 Å². The maximum Gasteiger partial charge on any atom is 0.327 e. The Bertz CT molecular complexity index is 1070. The number of hydrogen-bond donors (Lipinski definition) is 3. The van der Waals surface area contributed by atoms with Crippen LogP contribution in [0.15, 0.2) is 41.3 Å². The Balaban J connectivity index is 2.06. The maximum absolute atomic E-state index is 12.6. The summed E-state index contributed by atoms with van der Waals surface area (Å²) in [7, 11) is -4.24. The van der Waals surface area contributed by atoms with E-state index in [0.29, 0.717) is 5.69 Å². The maximum atomic E-state index is 12.6. The molecular formula is C20H22Cl2N2O6S. The van der Waals surface area contributed by atoms with E-state index in [1.54, 1.807) is 0 Å². The van der Waals surface area contributed by atoms with Crippen LogP contribution in [0.2, 0.25) is 10.0 Å². The second kappa shape index (κ2) is 10.4. The first-order valence-corrected chi connectivity index (χ1v) is 11.3. The van der Waals surface area contributed by atoms with Gasteiger partial charge in [-0.2, -0.15) is 4.72 Å². The highest BCUT2D eigenvalue weighted by molar-refractivity contribution is 7.89. The zero-order chi connectivity index (χ0) is 23.3. The van der Waals surface area contributed by atoms with Crippen LogP contribution in [0.4, 0.5) is 5.69 Å². The number of carbonyl (C=O) groups is 2. The van der Waals surface area contributed by atoms with E-state index in [-0.39, 0.29) is 14.9 Å². The van der Waals surface area contributed by atoms with Crippen molar-refractivity contribution in [3.05, 3.63) is 57.6 Å². The van der Waals surface area contributed by atoms with Gasteiger partial charge in [-0.15, -0.1) is 0 Å². The molecule has 0 fully saturated rings. The van der Waals surface area contributed by atoms with Crippen molar-refractivity contribution in [2.24, 2.45) is 0 Å². The number of sulfonamides is 1. The van der Waals surface area contributed by atoms with Crippen LogP contribution < -0.4 is 10.0 Å². The van der Waals surface area contributed by atoms with Gasteiger partial charge in [-0.25, -0.2) is 8.42 Å². The Labute approximate surface area is 190 Å². The molecule has 8 nitrogen and oxygen atoms in total. The number of rotatable bonds is 8. The smallest absolute Gasteiger partial charge is 0.327 e. The minimum atomic E-state index is -4.24. The molecule has 0 aliphatic heterocycles. The molecule has 168 valence electrons. The van der Waals surface area contributed by atoms with Crippen molar-refractivity contribution in [3.63, 3.8) is 0 Å². The Morgan fingerprint density at radius 1 is 1.10 bits per heavy atom. The molecule has 2 aromatic rings. The van der Waals surface area contributed by atoms with Crippen LogP contribution in [0.3, 0.4) is 0 Å². The number of para-hydroxylation sites is 1. The largest absolute Gasteiger partial charge is 0.454 e. The molecule has 0 aliphatic carbocycles. The number of ether oxygens (including phenoxy) is 1. The summed E-state index contributed by atoms with van der Waals surface area (Å²) in [4.78, 5) is 24.3. The number of hydrogen-bond acceptors (Lipinski definition) is 6. The fourth-order valence-corrected chi connectivity index (χ4v) is 4.28. The fraction of sp³-hybridized carbons (Fsp3) is 0.300. The molecule has 31 heavy (non-hydrogen) atoms. The average Bonchev–Trinajstić information content (AvgIpc) is 2.69. The summed E-state index contributed by atoms with van der Waals surface area (Å²) >= 11 is 11.6. The van der Waals surface area contributed by atoms with Gasteiger partial charge >= 0.3 is 5.97 Å². The molecule has 0 bridgehead atoms. The van der Waals surface area contributed by atoms with E-state index in [4.69, 9.17) is 27.9 Å². The number of amides is 1. The highest BCUT2D eigenvalue weighted by Crippen LogP contribution is 2.25. The molecule has 0 aromatic heterocycles. The van der Waals surface area contributed by atoms with Crippen LogP contribution in [-0.4, -0.2) is 44.2 Å². The van der Waals surface area contributed by atoms with Crippen LogP contribution in [0.5, 0.6) is 0 Å². The van der Waals surface area contributed by atoms with E-state index in [9.17, 15) is 23.1 Å². The fourth-order valence-electron chi connectivity index (χ4n) is 2.64. The van der Waals surface area contributed by atoms with E-state index in [1.807, 2.05) is 32.0 Å². The zero-order valence-electron chi connectivity index (χ0n) is 17.0. The van der Waals surface area contributed by atoms with E-state index >= 15 is 0 Å². The monoisotopic (exact) mass is 488 g/mol. The van der Waals surface area contributed by atoms with Gasteiger partial charge in [-0.3, -0.25) is 9.59 Å². The molecule has 0 aliphatic rings. The van der Waals surface area contributed by atoms with E-state index in [0.717, 1.165) is 17.2 Å². The van der Waals surface area contributed by atoms with E-state index in [2.05, 4.69) is 10.0 Å². The lowest BCUT2D eigenvalue weighted by atomic mass is 10.1. The summed E-state index contributed by atoms with van der Waals surface area (Å²) in [6, 6.07) is 7.41. The summed E-state index contributed by atoms with van der Waals surface area (Å²) in [6.07, 6.45) is -1.44. The second-order valence-corrected chi connectivity index (χ2v) is 9.37. The lowest BCUT2D eigenvalue weighted by Crippen LogP contribution is -2.48. The number of aliphatic hydroxyl groups excluding tert-OH is 1. The molecule has 2 unspecified atom stereocenters. The topological polar surface area (TPSA) is 122 Å². The average molecular weight is 489 g/mol. The van der Waals surface area contributed by atoms with Crippen molar-refractivity contribution in [2.45, 2.75) is 37.8 Å². The molecule has 0 saturated heterocycles. The van der Waals surface area contributed by atoms with E-state index in [1.165, 1.54) is 19.1 Å². The number of nitrogens with one attached hydrogen (secondary N) is 2. The van der Waals surface area contributed by atoms with Crippen molar-refractivity contribution >= 4 is 50.8 Å². The standard InChI is InChI=1S/C20H22Cl2N2O6S/c1-11-5-4-6-12(2)18(11)23-17(26)10-30-20(27)19(13(3)25)24-31(28,29)14-7-8-15(21)16(22)9-14/h4-9,13,19,24-25H,10H2,1-3H3,(H,23,26). The minimum absolute atomic E-state index is 0.00360. The van der Waals surface area contributed by atoms with Crippen molar-refractivity contribution in [1.29, 1.82) is 0 Å². The first-order chi connectivity index (χ1) is 14.4. The van der Waals surface area contributed by atoms with Gasteiger partial charge in [0.25, 0.3) is 5.91 Å². The van der Waals surface area contributed by atoms with Crippen molar-refractivity contribution < 1.29 is 27.9 Å². The van der Waals surface area contributed by atoms with Gasteiger partial charge in [-0.05, 0) is 50.1 Å². The number of halogens is 2. The molecule has 2 aromatic carbocycles. The number of esters is 1. The van der Waals surface area contributed by atoms with Gasteiger partial charge in [0.2, 0.25) is 10.0 Å². The third kappa shape index (κ3) is 6.65. The lowest BCUT2D eigenvalue weighted by molar-refractivity contribution is -0.151. The van der Waals surface area contributed by atoms with Gasteiger partial charge in [-0.1, -0.05) is 41.4 Å². The number of aryl methyl sites for hydroxylation is 2. The molecule has 1 amide bonds. The van der Waals surface area contributed by atoms with Gasteiger partial charge in [0.05, 0.1) is 21.0 Å². The summed E-state index contributed by atoms with van der Waals surface area (Å²) in [5.74, 6) is -1.72. The number of benzene rings is 2. The van der Waals surface area contributed by atoms with Crippen molar-refractivity contribution in [2.75, 3.05) is 11.9 Å². The van der Waals surface area contributed by atoms with Crippen LogP contribution in [0.25, 0.3) is 0 Å². The summed E-state index contributed by atoms with van der Waals surface area (Å²) < 4.78 is 32.1. The second-order valence-electron chi connectivity index (χ2n) is 6.84. The first kappa shape index (κ1) is 25.1. The zero-order valence-corrected chi connectivity index (χ0v) is 19.3. The predicted octanol–water partition coefficient (Wildman–Crippen LogP) is 2.82. The summed E-state index contributed by atoms with van der Waals surface area (Å²) in [5.41, 5.74) is 2.25. The third-order valence-corrected chi connectivity index (χ3v) is 6.49. The Hall–Kier alpha value is -2.17. The molecule has 0 saturated carbocycles. The van der Waals surface area contributed by atoms with Gasteiger partial charge < -0.3 is 15.2 Å². The molecule has 2 atom stereocenters. The molecule has 3 N–H and O–H groups in total. The van der Waals surface area contributed by atoms with Gasteiger partial charge in [0, 0.05) is 5.69 Å². The van der Waals surface area contributed by atoms with Gasteiger partial charge in [0.1, 0.15) is 6.04 Å². The summed E-state index contributed by atoms with van der Waals surface area (Å²) in [5, 5.41) is 12.7. The number of aliphatic hydroxyl groups is 1. The van der Waals surface area contributed by atoms with Crippen LogP contribution in [0.1, 0.15) is 18.1 Å². The molecule has 2 rings (SSSR count). The molecule has 0 radical (unpaired) electrons. The number of carbonyl (C=O) groups excluding carboxylic acids is 2. The summed E-state index contributed by atoms with van der Waals surface area (Å²) in [6.45, 7) is 4.18. The van der Waals surface area contributed by atoms with Crippen LogP contribution in [-0.2, 0) is 24.3 Å². The highest BCUT2D eigenvalue weighted by atomic mass is 35.5. The predicted molar refractivity (Wildman–Crippen MR) is 118 cm³/mol. The highest BCUT2D eigenvalue weighted by Gasteiger charge is 2.31. The van der Waals surface area contributed by atoms with Crippen molar-refractivity contribution in [1.82, 2.24) is 4.72 Å². The molecule has 11 heteroatoms. The third-order valence-electron chi connectivity index (χ3n) is 4.31. The Morgan fingerprint density at radius 2 is 1.71 bits per heavy atom. The molecule has 0 spiro atoms. The lowest BCUT2D eigenvalue weighted by Gasteiger charge is -2.20. The minimum Gasteiger partial charge on any atom is -0.454 e. The van der Waals surface area contributed by atoms with E-state index < -0.39 is 40.7 Å². The normalized spacial score (nSPS) is 13.4. The molecule has 0 heterocycles.